The first kappa shape index (κ1) is 21.2. The summed E-state index contributed by atoms with van der Waals surface area (Å²) >= 11 is 12.0. The number of amides is 1. The first-order valence-electron chi connectivity index (χ1n) is 9.85. The van der Waals surface area contributed by atoms with Gasteiger partial charge in [0.15, 0.2) is 11.7 Å². The summed E-state index contributed by atoms with van der Waals surface area (Å²) in [5.41, 5.74) is 4.25. The second kappa shape index (κ2) is 9.00. The lowest BCUT2D eigenvalue weighted by Crippen LogP contribution is -2.30. The third-order valence-corrected chi connectivity index (χ3v) is 5.36. The molecule has 4 rings (SSSR count). The number of oxazole rings is 1. The van der Waals surface area contributed by atoms with Gasteiger partial charge in [0.1, 0.15) is 11.3 Å². The van der Waals surface area contributed by atoms with E-state index < -0.39 is 6.10 Å². The van der Waals surface area contributed by atoms with E-state index in [0.29, 0.717) is 27.4 Å². The fourth-order valence-corrected chi connectivity index (χ4v) is 3.52. The normalized spacial score (nSPS) is 12.0. The van der Waals surface area contributed by atoms with E-state index in [1.54, 1.807) is 37.3 Å². The first-order chi connectivity index (χ1) is 14.9. The maximum atomic E-state index is 12.5. The Morgan fingerprint density at radius 2 is 1.87 bits per heavy atom. The van der Waals surface area contributed by atoms with Gasteiger partial charge >= 0.3 is 0 Å². The standard InChI is InChI=1S/C24H20Cl2N2O3/c1-3-15-4-10-22-20(12-15)28-24(31-22)16-5-8-18(9-6-16)27-23(29)14(2)30-21-11-7-17(25)13-19(21)26/h4-14H,3H2,1-2H3,(H,27,29). The molecule has 0 fully saturated rings. The number of aryl methyl sites for hydroxylation is 1. The summed E-state index contributed by atoms with van der Waals surface area (Å²) in [6, 6.07) is 18.1. The fourth-order valence-electron chi connectivity index (χ4n) is 3.07. The second-order valence-electron chi connectivity index (χ2n) is 7.08. The Kier molecular flexibility index (Phi) is 6.16. The van der Waals surface area contributed by atoms with E-state index in [2.05, 4.69) is 17.2 Å². The number of hydrogen-bond donors (Lipinski definition) is 1. The van der Waals surface area contributed by atoms with Crippen LogP contribution < -0.4 is 10.1 Å². The van der Waals surface area contributed by atoms with Crippen molar-refractivity contribution in [2.75, 3.05) is 5.32 Å². The van der Waals surface area contributed by atoms with Crippen LogP contribution in [0.25, 0.3) is 22.6 Å². The summed E-state index contributed by atoms with van der Waals surface area (Å²) in [5, 5.41) is 3.68. The molecule has 0 aliphatic heterocycles. The average molecular weight is 455 g/mol. The predicted octanol–water partition coefficient (Wildman–Crippen LogP) is 6.77. The lowest BCUT2D eigenvalue weighted by molar-refractivity contribution is -0.122. The summed E-state index contributed by atoms with van der Waals surface area (Å²) in [6.07, 6.45) is 0.196. The maximum Gasteiger partial charge on any atom is 0.265 e. The molecule has 0 saturated heterocycles. The van der Waals surface area contributed by atoms with Crippen molar-refractivity contribution in [1.82, 2.24) is 4.98 Å². The minimum Gasteiger partial charge on any atom is -0.479 e. The van der Waals surface area contributed by atoms with Gasteiger partial charge in [0.25, 0.3) is 5.91 Å². The number of nitrogens with one attached hydrogen (secondary N) is 1. The highest BCUT2D eigenvalue weighted by atomic mass is 35.5. The van der Waals surface area contributed by atoms with Crippen LogP contribution in [0.1, 0.15) is 19.4 Å². The van der Waals surface area contributed by atoms with Gasteiger partial charge in [0.05, 0.1) is 5.02 Å². The van der Waals surface area contributed by atoms with Crippen LogP contribution in [0.4, 0.5) is 5.69 Å². The van der Waals surface area contributed by atoms with Gasteiger partial charge in [-0.2, -0.15) is 0 Å². The van der Waals surface area contributed by atoms with Gasteiger partial charge in [0, 0.05) is 16.3 Å². The van der Waals surface area contributed by atoms with Crippen LogP contribution in [-0.4, -0.2) is 17.0 Å². The number of nitrogens with zero attached hydrogens (tertiary/aromatic N) is 1. The van der Waals surface area contributed by atoms with Crippen molar-refractivity contribution in [3.63, 3.8) is 0 Å². The Balaban J connectivity index is 1.43. The zero-order valence-electron chi connectivity index (χ0n) is 17.0. The molecule has 1 aromatic heterocycles. The summed E-state index contributed by atoms with van der Waals surface area (Å²) in [5.74, 6) is 0.634. The molecule has 0 radical (unpaired) electrons. The largest absolute Gasteiger partial charge is 0.479 e. The van der Waals surface area contributed by atoms with Crippen molar-refractivity contribution < 1.29 is 13.9 Å². The number of rotatable bonds is 6. The molecule has 0 aliphatic carbocycles. The highest BCUT2D eigenvalue weighted by Crippen LogP contribution is 2.29. The fraction of sp³-hybridized carbons (Fsp3) is 0.167. The van der Waals surface area contributed by atoms with Crippen LogP contribution in [0.15, 0.2) is 65.1 Å². The topological polar surface area (TPSA) is 64.4 Å². The zero-order chi connectivity index (χ0) is 22.0. The van der Waals surface area contributed by atoms with Crippen molar-refractivity contribution in [2.45, 2.75) is 26.4 Å². The molecule has 7 heteroatoms. The third kappa shape index (κ3) is 4.84. The highest BCUT2D eigenvalue weighted by Gasteiger charge is 2.17. The number of aromatic nitrogens is 1. The molecule has 1 heterocycles. The van der Waals surface area contributed by atoms with Crippen molar-refractivity contribution in [3.8, 4) is 17.2 Å². The maximum absolute atomic E-state index is 12.5. The molecule has 5 nitrogen and oxygen atoms in total. The van der Waals surface area contributed by atoms with E-state index in [1.807, 2.05) is 30.3 Å². The zero-order valence-corrected chi connectivity index (χ0v) is 18.5. The van der Waals surface area contributed by atoms with E-state index >= 15 is 0 Å². The smallest absolute Gasteiger partial charge is 0.265 e. The number of benzene rings is 3. The molecule has 0 aliphatic rings. The minimum atomic E-state index is -0.747. The first-order valence-corrected chi connectivity index (χ1v) is 10.6. The summed E-state index contributed by atoms with van der Waals surface area (Å²) in [6.45, 7) is 3.75. The third-order valence-electron chi connectivity index (χ3n) is 4.83. The Morgan fingerprint density at radius 1 is 1.10 bits per heavy atom. The molecule has 1 unspecified atom stereocenters. The molecule has 4 aromatic rings. The molecule has 0 spiro atoms. The quantitative estimate of drug-likeness (QED) is 0.349. The van der Waals surface area contributed by atoms with Crippen molar-refractivity contribution >= 4 is 45.9 Å². The Labute approximate surface area is 189 Å². The van der Waals surface area contributed by atoms with Gasteiger partial charge in [-0.15, -0.1) is 0 Å². The van der Waals surface area contributed by atoms with Gasteiger partial charge in [-0.3, -0.25) is 4.79 Å². The molecule has 0 saturated carbocycles. The Bertz CT molecular complexity index is 1240. The van der Waals surface area contributed by atoms with E-state index in [9.17, 15) is 4.79 Å². The van der Waals surface area contributed by atoms with Crippen LogP contribution in [0, 0.1) is 0 Å². The number of carbonyl (C=O) groups excluding carboxylic acids is 1. The summed E-state index contributed by atoms with van der Waals surface area (Å²) < 4.78 is 11.5. The molecule has 1 N–H and O–H groups in total. The van der Waals surface area contributed by atoms with E-state index in [4.69, 9.17) is 32.4 Å². The minimum absolute atomic E-state index is 0.298. The molecule has 3 aromatic carbocycles. The number of anilines is 1. The average Bonchev–Trinajstić information content (AvgIpc) is 3.19. The van der Waals surface area contributed by atoms with Gasteiger partial charge in [-0.1, -0.05) is 36.2 Å². The predicted molar refractivity (Wildman–Crippen MR) is 124 cm³/mol. The molecule has 1 atom stereocenters. The van der Waals surface area contributed by atoms with Crippen molar-refractivity contribution in [3.05, 3.63) is 76.3 Å². The van der Waals surface area contributed by atoms with Crippen LogP contribution in [0.2, 0.25) is 10.0 Å². The lowest BCUT2D eigenvalue weighted by Gasteiger charge is -2.16. The molecule has 31 heavy (non-hydrogen) atoms. The number of ether oxygens (including phenoxy) is 1. The summed E-state index contributed by atoms with van der Waals surface area (Å²) in [7, 11) is 0. The van der Waals surface area contributed by atoms with E-state index in [0.717, 1.165) is 23.1 Å². The van der Waals surface area contributed by atoms with Crippen molar-refractivity contribution in [1.29, 1.82) is 0 Å². The van der Waals surface area contributed by atoms with Crippen LogP contribution in [0.5, 0.6) is 5.75 Å². The monoisotopic (exact) mass is 454 g/mol. The number of fused-ring (bicyclic) bond motifs is 1. The lowest BCUT2D eigenvalue weighted by atomic mass is 10.1. The van der Waals surface area contributed by atoms with Crippen LogP contribution in [-0.2, 0) is 11.2 Å². The SMILES string of the molecule is CCc1ccc2oc(-c3ccc(NC(=O)C(C)Oc4ccc(Cl)cc4Cl)cc3)nc2c1. The number of halogens is 2. The van der Waals surface area contributed by atoms with E-state index in [-0.39, 0.29) is 5.91 Å². The number of hydrogen-bond acceptors (Lipinski definition) is 4. The van der Waals surface area contributed by atoms with E-state index in [1.165, 1.54) is 5.56 Å². The Hall–Kier alpha value is -3.02. The molecule has 158 valence electrons. The number of carbonyl (C=O) groups is 1. The van der Waals surface area contributed by atoms with Gasteiger partial charge in [-0.25, -0.2) is 4.98 Å². The molecule has 1 amide bonds. The molecule has 0 bridgehead atoms. The summed E-state index contributed by atoms with van der Waals surface area (Å²) in [4.78, 5) is 17.1. The highest BCUT2D eigenvalue weighted by molar-refractivity contribution is 6.35. The van der Waals surface area contributed by atoms with Gasteiger partial charge in [-0.05, 0) is 73.5 Å². The molecular weight excluding hydrogens is 435 g/mol. The van der Waals surface area contributed by atoms with Gasteiger partial charge in [0.2, 0.25) is 5.89 Å². The Morgan fingerprint density at radius 3 is 2.58 bits per heavy atom. The van der Waals surface area contributed by atoms with Gasteiger partial charge < -0.3 is 14.5 Å². The second-order valence-corrected chi connectivity index (χ2v) is 7.92. The van der Waals surface area contributed by atoms with Crippen LogP contribution >= 0.6 is 23.2 Å². The molecular formula is C24H20Cl2N2O3. The van der Waals surface area contributed by atoms with Crippen LogP contribution in [0.3, 0.4) is 0 Å². The van der Waals surface area contributed by atoms with Crippen molar-refractivity contribution in [2.24, 2.45) is 0 Å².